The number of nitrogens with zero attached hydrogens (tertiary/aromatic N) is 1. The number of carbonyl (C=O) groups is 1. The van der Waals surface area contributed by atoms with Crippen molar-refractivity contribution in [2.24, 2.45) is 5.92 Å². The van der Waals surface area contributed by atoms with Gasteiger partial charge in [-0.15, -0.1) is 0 Å². The van der Waals surface area contributed by atoms with Crippen LogP contribution in [0.4, 0.5) is 0 Å². The monoisotopic (exact) mass is 258 g/mol. The number of carbonyl (C=O) groups excluding carboxylic acids is 1. The first-order valence-corrected chi connectivity index (χ1v) is 7.38. The smallest absolute Gasteiger partial charge is 0.227 e. The van der Waals surface area contributed by atoms with Crippen LogP contribution in [0, 0.1) is 5.92 Å². The minimum Gasteiger partial charge on any atom is -0.342 e. The average Bonchev–Trinajstić information content (AvgIpc) is 2.48. The minimum atomic E-state index is 0.287. The number of rotatable bonds is 2. The van der Waals surface area contributed by atoms with E-state index in [9.17, 15) is 4.79 Å². The van der Waals surface area contributed by atoms with Gasteiger partial charge in [-0.05, 0) is 37.3 Å². The molecule has 2 aliphatic rings. The highest BCUT2D eigenvalue weighted by molar-refractivity contribution is 5.78. The fourth-order valence-corrected chi connectivity index (χ4v) is 3.35. The molecule has 0 radical (unpaired) electrons. The van der Waals surface area contributed by atoms with E-state index in [-0.39, 0.29) is 5.91 Å². The van der Waals surface area contributed by atoms with Crippen LogP contribution in [0.25, 0.3) is 0 Å². The van der Waals surface area contributed by atoms with Gasteiger partial charge >= 0.3 is 0 Å². The maximum absolute atomic E-state index is 12.3. The van der Waals surface area contributed by atoms with E-state index in [2.05, 4.69) is 10.2 Å². The van der Waals surface area contributed by atoms with Crippen molar-refractivity contribution in [1.82, 2.24) is 10.2 Å². The lowest BCUT2D eigenvalue weighted by molar-refractivity contribution is -0.132. The molecule has 1 aromatic carbocycles. The Morgan fingerprint density at radius 1 is 1.26 bits per heavy atom. The van der Waals surface area contributed by atoms with Gasteiger partial charge in [0.1, 0.15) is 0 Å². The molecular weight excluding hydrogens is 236 g/mol. The zero-order valence-electron chi connectivity index (χ0n) is 11.3. The summed E-state index contributed by atoms with van der Waals surface area (Å²) >= 11 is 0. The number of hydrogen-bond donors (Lipinski definition) is 1. The number of amides is 1. The Labute approximate surface area is 115 Å². The van der Waals surface area contributed by atoms with Crippen LogP contribution in [0.2, 0.25) is 0 Å². The molecule has 0 aromatic heterocycles. The van der Waals surface area contributed by atoms with Gasteiger partial charge in [0, 0.05) is 19.1 Å². The van der Waals surface area contributed by atoms with Gasteiger partial charge in [0.05, 0.1) is 6.42 Å². The molecule has 1 aromatic rings. The predicted octanol–water partition coefficient (Wildman–Crippen LogP) is 1.83. The summed E-state index contributed by atoms with van der Waals surface area (Å²) in [4.78, 5) is 14.4. The van der Waals surface area contributed by atoms with Crippen molar-refractivity contribution >= 4 is 5.91 Å². The second-order valence-corrected chi connectivity index (χ2v) is 5.75. The van der Waals surface area contributed by atoms with Crippen LogP contribution >= 0.6 is 0 Å². The Morgan fingerprint density at radius 2 is 2.11 bits per heavy atom. The van der Waals surface area contributed by atoms with Gasteiger partial charge in [0.15, 0.2) is 0 Å². The topological polar surface area (TPSA) is 32.3 Å². The summed E-state index contributed by atoms with van der Waals surface area (Å²) in [6, 6.07) is 10.7. The average molecular weight is 258 g/mol. The zero-order valence-corrected chi connectivity index (χ0v) is 11.3. The Balaban J connectivity index is 1.59. The molecule has 0 saturated carbocycles. The van der Waals surface area contributed by atoms with E-state index in [1.165, 1.54) is 12.8 Å². The van der Waals surface area contributed by atoms with Crippen molar-refractivity contribution in [2.45, 2.75) is 31.7 Å². The molecule has 0 bridgehead atoms. The Bertz CT molecular complexity index is 432. The second kappa shape index (κ2) is 5.74. The number of benzene rings is 1. The number of likely N-dealkylation sites (tertiary alicyclic amines) is 1. The summed E-state index contributed by atoms with van der Waals surface area (Å²) in [7, 11) is 0. The van der Waals surface area contributed by atoms with Crippen LogP contribution in [0.1, 0.15) is 24.8 Å². The van der Waals surface area contributed by atoms with Crippen molar-refractivity contribution in [2.75, 3.05) is 19.6 Å². The third kappa shape index (κ3) is 2.98. The third-order valence-corrected chi connectivity index (χ3v) is 4.44. The van der Waals surface area contributed by atoms with Crippen LogP contribution in [0.15, 0.2) is 30.3 Å². The molecule has 1 amide bonds. The molecule has 3 heteroatoms. The first kappa shape index (κ1) is 12.7. The Morgan fingerprint density at radius 3 is 2.95 bits per heavy atom. The van der Waals surface area contributed by atoms with Gasteiger partial charge in [-0.1, -0.05) is 30.3 Å². The second-order valence-electron chi connectivity index (χ2n) is 5.75. The van der Waals surface area contributed by atoms with Crippen LogP contribution in [0.3, 0.4) is 0 Å². The van der Waals surface area contributed by atoms with E-state index in [1.807, 2.05) is 30.3 Å². The van der Waals surface area contributed by atoms with E-state index in [4.69, 9.17) is 0 Å². The third-order valence-electron chi connectivity index (χ3n) is 4.44. The number of piperidine rings is 2. The van der Waals surface area contributed by atoms with Crippen LogP contribution in [-0.4, -0.2) is 36.5 Å². The number of fused-ring (bicyclic) bond motifs is 1. The molecule has 3 nitrogen and oxygen atoms in total. The first-order valence-electron chi connectivity index (χ1n) is 7.38. The lowest BCUT2D eigenvalue weighted by atomic mass is 9.85. The van der Waals surface area contributed by atoms with E-state index in [1.54, 1.807) is 0 Å². The van der Waals surface area contributed by atoms with Crippen molar-refractivity contribution < 1.29 is 4.79 Å². The SMILES string of the molecule is O=C(Cc1ccccc1)N1CC[C@@H]2NCCC[C@@H]2C1. The standard InChI is InChI=1S/C16H22N2O/c19-16(11-13-5-2-1-3-6-13)18-10-8-15-14(12-18)7-4-9-17-15/h1-3,5-6,14-15,17H,4,7-12H2/t14-,15+/m1/s1. The highest BCUT2D eigenvalue weighted by Gasteiger charge is 2.32. The summed E-state index contributed by atoms with van der Waals surface area (Å²) in [6.45, 7) is 3.02. The first-order chi connectivity index (χ1) is 9.33. The van der Waals surface area contributed by atoms with Gasteiger partial charge in [0.2, 0.25) is 5.91 Å². The van der Waals surface area contributed by atoms with Gasteiger partial charge in [-0.2, -0.15) is 0 Å². The summed E-state index contributed by atoms with van der Waals surface area (Å²) in [5.41, 5.74) is 1.12. The summed E-state index contributed by atoms with van der Waals surface area (Å²) in [5, 5.41) is 3.59. The molecule has 3 rings (SSSR count). The largest absolute Gasteiger partial charge is 0.342 e. The number of nitrogens with one attached hydrogen (secondary N) is 1. The highest BCUT2D eigenvalue weighted by Crippen LogP contribution is 2.25. The molecule has 2 saturated heterocycles. The van der Waals surface area contributed by atoms with E-state index < -0.39 is 0 Å². The lowest BCUT2D eigenvalue weighted by Crippen LogP contribution is -2.53. The molecule has 102 valence electrons. The van der Waals surface area contributed by atoms with E-state index in [0.717, 1.165) is 31.6 Å². The molecule has 0 aliphatic carbocycles. The zero-order chi connectivity index (χ0) is 13.1. The summed E-state index contributed by atoms with van der Waals surface area (Å²) in [6.07, 6.45) is 4.19. The van der Waals surface area contributed by atoms with Crippen molar-refractivity contribution in [3.8, 4) is 0 Å². The normalized spacial score (nSPS) is 26.8. The van der Waals surface area contributed by atoms with Crippen molar-refractivity contribution in [1.29, 1.82) is 0 Å². The van der Waals surface area contributed by atoms with Crippen LogP contribution in [-0.2, 0) is 11.2 Å². The maximum atomic E-state index is 12.3. The highest BCUT2D eigenvalue weighted by atomic mass is 16.2. The molecule has 2 heterocycles. The Hall–Kier alpha value is -1.35. The summed E-state index contributed by atoms with van der Waals surface area (Å²) < 4.78 is 0. The molecular formula is C16H22N2O. The van der Waals surface area contributed by atoms with Crippen LogP contribution < -0.4 is 5.32 Å². The fourth-order valence-electron chi connectivity index (χ4n) is 3.35. The summed E-state index contributed by atoms with van der Waals surface area (Å²) in [5.74, 6) is 0.956. The van der Waals surface area contributed by atoms with Gasteiger partial charge in [0.25, 0.3) is 0 Å². The van der Waals surface area contributed by atoms with E-state index >= 15 is 0 Å². The van der Waals surface area contributed by atoms with Crippen molar-refractivity contribution in [3.63, 3.8) is 0 Å². The van der Waals surface area contributed by atoms with Crippen LogP contribution in [0.5, 0.6) is 0 Å². The Kier molecular flexibility index (Phi) is 3.83. The fraction of sp³-hybridized carbons (Fsp3) is 0.562. The lowest BCUT2D eigenvalue weighted by Gasteiger charge is -2.41. The molecule has 0 spiro atoms. The molecule has 0 unspecified atom stereocenters. The molecule has 19 heavy (non-hydrogen) atoms. The molecule has 2 fully saturated rings. The van der Waals surface area contributed by atoms with Gasteiger partial charge < -0.3 is 10.2 Å². The quantitative estimate of drug-likeness (QED) is 0.877. The maximum Gasteiger partial charge on any atom is 0.227 e. The van der Waals surface area contributed by atoms with E-state index in [0.29, 0.717) is 18.4 Å². The molecule has 2 aliphatic heterocycles. The molecule has 2 atom stereocenters. The van der Waals surface area contributed by atoms with Crippen molar-refractivity contribution in [3.05, 3.63) is 35.9 Å². The minimum absolute atomic E-state index is 0.287. The number of hydrogen-bond acceptors (Lipinski definition) is 2. The van der Waals surface area contributed by atoms with Gasteiger partial charge in [-0.3, -0.25) is 4.79 Å². The van der Waals surface area contributed by atoms with Gasteiger partial charge in [-0.25, -0.2) is 0 Å². The predicted molar refractivity (Wildman–Crippen MR) is 75.9 cm³/mol. The molecule has 1 N–H and O–H groups in total.